The summed E-state index contributed by atoms with van der Waals surface area (Å²) in [6.07, 6.45) is 0. The fourth-order valence-corrected chi connectivity index (χ4v) is 1.37. The van der Waals surface area contributed by atoms with Crippen molar-refractivity contribution >= 4 is 11.6 Å². The van der Waals surface area contributed by atoms with Crippen molar-refractivity contribution in [2.45, 2.75) is 13.8 Å². The van der Waals surface area contributed by atoms with Crippen LogP contribution in [0.25, 0.3) is 0 Å². The van der Waals surface area contributed by atoms with Crippen molar-refractivity contribution in [2.75, 3.05) is 5.32 Å². The normalized spacial score (nSPS) is 10.2. The number of phenols is 1. The van der Waals surface area contributed by atoms with E-state index in [0.717, 1.165) is 11.3 Å². The van der Waals surface area contributed by atoms with E-state index in [4.69, 9.17) is 0 Å². The maximum Gasteiger partial charge on any atom is 0.273 e. The predicted molar refractivity (Wildman–Crippen MR) is 63.5 cm³/mol. The fraction of sp³-hybridized carbons (Fsp3) is 0.182. The van der Waals surface area contributed by atoms with Crippen molar-refractivity contribution in [2.24, 2.45) is 0 Å². The van der Waals surface area contributed by atoms with Crippen LogP contribution in [-0.4, -0.2) is 20.3 Å². The molecule has 6 heteroatoms. The van der Waals surface area contributed by atoms with E-state index < -0.39 is 0 Å². The van der Waals surface area contributed by atoms with Crippen molar-refractivity contribution in [3.8, 4) is 5.75 Å². The summed E-state index contributed by atoms with van der Waals surface area (Å²) >= 11 is 0. The first kappa shape index (κ1) is 11.1. The minimum Gasteiger partial charge on any atom is -0.508 e. The van der Waals surface area contributed by atoms with E-state index in [-0.39, 0.29) is 17.3 Å². The number of nitrogens with one attached hydrogen (secondary N) is 2. The zero-order valence-electron chi connectivity index (χ0n) is 9.48. The number of hydrogen-bond donors (Lipinski definition) is 3. The molecule has 0 fully saturated rings. The van der Waals surface area contributed by atoms with E-state index >= 15 is 0 Å². The highest BCUT2D eigenvalue weighted by Crippen LogP contribution is 2.21. The van der Waals surface area contributed by atoms with E-state index in [1.165, 1.54) is 0 Å². The van der Waals surface area contributed by atoms with E-state index in [1.807, 2.05) is 6.92 Å². The number of aryl methyl sites for hydroxylation is 2. The highest BCUT2D eigenvalue weighted by atomic mass is 16.3. The number of H-pyrrole nitrogens is 1. The molecule has 17 heavy (non-hydrogen) atoms. The number of aromatic hydroxyl groups is 1. The van der Waals surface area contributed by atoms with Crippen LogP contribution in [0.2, 0.25) is 0 Å². The zero-order chi connectivity index (χ0) is 12.4. The number of benzene rings is 1. The van der Waals surface area contributed by atoms with Gasteiger partial charge < -0.3 is 10.4 Å². The molecule has 1 aromatic carbocycles. The Morgan fingerprint density at radius 2 is 2.06 bits per heavy atom. The van der Waals surface area contributed by atoms with Gasteiger partial charge in [-0.05, 0) is 37.6 Å². The molecular weight excluding hydrogens is 220 g/mol. The van der Waals surface area contributed by atoms with Crippen LogP contribution < -0.4 is 10.9 Å². The lowest BCUT2D eigenvalue weighted by molar-refractivity contribution is 0.475. The van der Waals surface area contributed by atoms with Gasteiger partial charge in [0, 0.05) is 5.69 Å². The lowest BCUT2D eigenvalue weighted by atomic mass is 10.2. The molecule has 0 aliphatic heterocycles. The molecular formula is C11H12N4O2. The summed E-state index contributed by atoms with van der Waals surface area (Å²) in [6.45, 7) is 3.42. The Labute approximate surface area is 97.4 Å². The van der Waals surface area contributed by atoms with Gasteiger partial charge >= 0.3 is 0 Å². The minimum absolute atomic E-state index is 0.191. The van der Waals surface area contributed by atoms with Gasteiger partial charge in [0.05, 0.1) is 0 Å². The molecule has 2 aromatic rings. The number of phenolic OH excluding ortho intramolecular Hbond substituents is 1. The Kier molecular flexibility index (Phi) is 2.78. The average Bonchev–Trinajstić information content (AvgIpc) is 2.27. The van der Waals surface area contributed by atoms with Gasteiger partial charge in [0.2, 0.25) is 5.95 Å². The minimum atomic E-state index is -0.279. The SMILES string of the molecule is Cc1cc(O)ccc1Nc1nnc(C)c(=O)[nH]1. The first-order chi connectivity index (χ1) is 8.06. The van der Waals surface area contributed by atoms with Crippen molar-refractivity contribution in [1.29, 1.82) is 0 Å². The number of rotatable bonds is 2. The molecule has 0 saturated carbocycles. The Morgan fingerprint density at radius 1 is 1.29 bits per heavy atom. The number of aromatic amines is 1. The van der Waals surface area contributed by atoms with Crippen LogP contribution in [-0.2, 0) is 0 Å². The Morgan fingerprint density at radius 3 is 2.71 bits per heavy atom. The molecule has 0 atom stereocenters. The number of anilines is 2. The third kappa shape index (κ3) is 2.41. The number of aromatic nitrogens is 3. The molecule has 0 amide bonds. The monoisotopic (exact) mass is 232 g/mol. The Hall–Kier alpha value is -2.37. The van der Waals surface area contributed by atoms with Crippen molar-refractivity contribution in [3.63, 3.8) is 0 Å². The second-order valence-electron chi connectivity index (χ2n) is 3.71. The lowest BCUT2D eigenvalue weighted by Gasteiger charge is -2.08. The molecule has 6 nitrogen and oxygen atoms in total. The van der Waals surface area contributed by atoms with Crippen molar-refractivity contribution in [3.05, 3.63) is 39.8 Å². The molecule has 1 heterocycles. The number of nitrogens with zero attached hydrogens (tertiary/aromatic N) is 2. The summed E-state index contributed by atoms with van der Waals surface area (Å²) in [5.74, 6) is 0.464. The maximum atomic E-state index is 11.3. The topological polar surface area (TPSA) is 90.9 Å². The molecule has 88 valence electrons. The molecule has 1 aromatic heterocycles. The molecule has 0 aliphatic carbocycles. The van der Waals surface area contributed by atoms with E-state index in [9.17, 15) is 9.90 Å². The summed E-state index contributed by atoms with van der Waals surface area (Å²) in [7, 11) is 0. The van der Waals surface area contributed by atoms with Gasteiger partial charge in [-0.25, -0.2) is 0 Å². The largest absolute Gasteiger partial charge is 0.508 e. The van der Waals surface area contributed by atoms with Gasteiger partial charge in [-0.3, -0.25) is 9.78 Å². The second kappa shape index (κ2) is 4.25. The van der Waals surface area contributed by atoms with Gasteiger partial charge in [-0.1, -0.05) is 0 Å². The third-order valence-electron chi connectivity index (χ3n) is 2.32. The fourth-order valence-electron chi connectivity index (χ4n) is 1.37. The van der Waals surface area contributed by atoms with Gasteiger partial charge in [-0.15, -0.1) is 10.2 Å². The van der Waals surface area contributed by atoms with Crippen LogP contribution in [0.5, 0.6) is 5.75 Å². The molecule has 0 saturated heterocycles. The van der Waals surface area contributed by atoms with Crippen molar-refractivity contribution < 1.29 is 5.11 Å². The van der Waals surface area contributed by atoms with Gasteiger partial charge in [0.25, 0.3) is 5.56 Å². The summed E-state index contributed by atoms with van der Waals surface area (Å²) in [5, 5.41) is 19.7. The standard InChI is InChI=1S/C11H12N4O2/c1-6-5-8(16)3-4-9(6)12-11-13-10(17)7(2)14-15-11/h3-5,16H,1-2H3,(H2,12,13,15,17). The van der Waals surface area contributed by atoms with Crippen LogP contribution in [0.15, 0.2) is 23.0 Å². The summed E-state index contributed by atoms with van der Waals surface area (Å²) in [5.41, 5.74) is 1.63. The van der Waals surface area contributed by atoms with Crippen LogP contribution in [0.3, 0.4) is 0 Å². The van der Waals surface area contributed by atoms with Crippen LogP contribution in [0.1, 0.15) is 11.3 Å². The zero-order valence-corrected chi connectivity index (χ0v) is 9.48. The quantitative estimate of drug-likeness (QED) is 0.677. The highest BCUT2D eigenvalue weighted by molar-refractivity contribution is 5.59. The van der Waals surface area contributed by atoms with E-state index in [2.05, 4.69) is 20.5 Å². The molecule has 0 spiro atoms. The van der Waals surface area contributed by atoms with Crippen molar-refractivity contribution in [1.82, 2.24) is 15.2 Å². The van der Waals surface area contributed by atoms with Gasteiger partial charge in [0.15, 0.2) is 0 Å². The maximum absolute atomic E-state index is 11.3. The second-order valence-corrected chi connectivity index (χ2v) is 3.71. The molecule has 0 unspecified atom stereocenters. The predicted octanol–water partition coefficient (Wildman–Crippen LogP) is 1.23. The molecule has 2 rings (SSSR count). The van der Waals surface area contributed by atoms with Gasteiger partial charge in [0.1, 0.15) is 11.4 Å². The summed E-state index contributed by atoms with van der Waals surface area (Å²) < 4.78 is 0. The Bertz CT molecular complexity index is 607. The molecule has 0 radical (unpaired) electrons. The van der Waals surface area contributed by atoms with E-state index in [1.54, 1.807) is 25.1 Å². The Balaban J connectivity index is 2.31. The molecule has 3 N–H and O–H groups in total. The van der Waals surface area contributed by atoms with Crippen LogP contribution >= 0.6 is 0 Å². The first-order valence-electron chi connectivity index (χ1n) is 5.06. The van der Waals surface area contributed by atoms with Gasteiger partial charge in [-0.2, -0.15) is 0 Å². The smallest absolute Gasteiger partial charge is 0.273 e. The summed E-state index contributed by atoms with van der Waals surface area (Å²) in [4.78, 5) is 13.9. The van der Waals surface area contributed by atoms with E-state index in [0.29, 0.717) is 5.69 Å². The molecule has 0 aliphatic rings. The molecule has 0 bridgehead atoms. The summed E-state index contributed by atoms with van der Waals surface area (Å²) in [6, 6.07) is 4.86. The number of hydrogen-bond acceptors (Lipinski definition) is 5. The first-order valence-corrected chi connectivity index (χ1v) is 5.06. The van der Waals surface area contributed by atoms with Crippen LogP contribution in [0.4, 0.5) is 11.6 Å². The lowest BCUT2D eigenvalue weighted by Crippen LogP contribution is -2.15. The van der Waals surface area contributed by atoms with Crippen LogP contribution in [0, 0.1) is 13.8 Å². The highest BCUT2D eigenvalue weighted by Gasteiger charge is 2.03. The third-order valence-corrected chi connectivity index (χ3v) is 2.32. The average molecular weight is 232 g/mol.